The van der Waals surface area contributed by atoms with Crippen LogP contribution < -0.4 is 16.6 Å². The van der Waals surface area contributed by atoms with Crippen LogP contribution in [0.1, 0.15) is 5.56 Å². The standard InChI is InChI=1S/C18H15F3N4O3S/c1-24-15-13(16(27)25(2)17(24)28)7-11(8-22-15)23-14(26)9-29-12-5-3-4-10(6-12)18(19,20)21/h3-8H,9H2,1-2H3,(H,23,26). The second kappa shape index (κ2) is 7.74. The minimum atomic E-state index is -4.46. The van der Waals surface area contributed by atoms with Gasteiger partial charge >= 0.3 is 11.9 Å². The molecule has 0 atom stereocenters. The van der Waals surface area contributed by atoms with Crippen LogP contribution in [0.2, 0.25) is 0 Å². The number of benzene rings is 1. The van der Waals surface area contributed by atoms with Crippen LogP contribution in [0.5, 0.6) is 0 Å². The molecule has 0 aliphatic carbocycles. The van der Waals surface area contributed by atoms with Crippen molar-refractivity contribution < 1.29 is 18.0 Å². The molecule has 0 aliphatic heterocycles. The Hall–Kier alpha value is -3.08. The zero-order chi connectivity index (χ0) is 21.3. The van der Waals surface area contributed by atoms with Gasteiger partial charge in [-0.3, -0.25) is 18.7 Å². The van der Waals surface area contributed by atoms with Gasteiger partial charge in [0.2, 0.25) is 5.91 Å². The zero-order valence-corrected chi connectivity index (χ0v) is 16.1. The summed E-state index contributed by atoms with van der Waals surface area (Å²) in [6.45, 7) is 0. The van der Waals surface area contributed by atoms with Crippen molar-refractivity contribution in [1.82, 2.24) is 14.1 Å². The smallest absolute Gasteiger partial charge is 0.324 e. The van der Waals surface area contributed by atoms with Crippen LogP contribution in [0.4, 0.5) is 18.9 Å². The first-order valence-corrected chi connectivity index (χ1v) is 9.22. The first kappa shape index (κ1) is 20.6. The molecule has 1 N–H and O–H groups in total. The Morgan fingerprint density at radius 1 is 1.17 bits per heavy atom. The Balaban J connectivity index is 1.75. The predicted octanol–water partition coefficient (Wildman–Crippen LogP) is 2.38. The highest BCUT2D eigenvalue weighted by molar-refractivity contribution is 8.00. The molecule has 29 heavy (non-hydrogen) atoms. The first-order valence-electron chi connectivity index (χ1n) is 8.23. The van der Waals surface area contributed by atoms with Crippen molar-refractivity contribution in [1.29, 1.82) is 0 Å². The molecule has 0 bridgehead atoms. The van der Waals surface area contributed by atoms with Crippen molar-refractivity contribution >= 4 is 34.4 Å². The summed E-state index contributed by atoms with van der Waals surface area (Å²) in [6.07, 6.45) is -3.16. The van der Waals surface area contributed by atoms with Crippen molar-refractivity contribution in [2.45, 2.75) is 11.1 Å². The largest absolute Gasteiger partial charge is 0.416 e. The number of alkyl halides is 3. The van der Waals surface area contributed by atoms with Gasteiger partial charge in [0.1, 0.15) is 5.65 Å². The van der Waals surface area contributed by atoms with Gasteiger partial charge in [-0.15, -0.1) is 11.8 Å². The molecule has 3 rings (SSSR count). The average Bonchev–Trinajstić information content (AvgIpc) is 2.68. The van der Waals surface area contributed by atoms with Crippen LogP contribution in [0.25, 0.3) is 11.0 Å². The van der Waals surface area contributed by atoms with E-state index in [4.69, 9.17) is 0 Å². The van der Waals surface area contributed by atoms with Gasteiger partial charge in [0.15, 0.2) is 0 Å². The van der Waals surface area contributed by atoms with Crippen LogP contribution in [0.3, 0.4) is 0 Å². The highest BCUT2D eigenvalue weighted by Crippen LogP contribution is 2.31. The van der Waals surface area contributed by atoms with Gasteiger partial charge < -0.3 is 5.32 Å². The summed E-state index contributed by atoms with van der Waals surface area (Å²) in [4.78, 5) is 40.7. The Morgan fingerprint density at radius 2 is 1.90 bits per heavy atom. The maximum atomic E-state index is 12.8. The highest BCUT2D eigenvalue weighted by atomic mass is 32.2. The van der Waals surface area contributed by atoms with Gasteiger partial charge in [-0.05, 0) is 24.3 Å². The molecule has 0 saturated carbocycles. The number of halogens is 3. The number of rotatable bonds is 4. The third-order valence-corrected chi connectivity index (χ3v) is 5.10. The molecule has 2 heterocycles. The number of carbonyl (C=O) groups excluding carboxylic acids is 1. The lowest BCUT2D eigenvalue weighted by Crippen LogP contribution is -2.37. The number of anilines is 1. The van der Waals surface area contributed by atoms with Crippen molar-refractivity contribution in [3.63, 3.8) is 0 Å². The second-order valence-corrected chi connectivity index (χ2v) is 7.21. The molecule has 0 aliphatic rings. The van der Waals surface area contributed by atoms with E-state index in [0.717, 1.165) is 28.5 Å². The number of carbonyl (C=O) groups is 1. The number of aryl methyl sites for hydroxylation is 1. The van der Waals surface area contributed by atoms with E-state index in [0.29, 0.717) is 4.90 Å². The Labute approximate surface area is 166 Å². The van der Waals surface area contributed by atoms with Crippen LogP contribution >= 0.6 is 11.8 Å². The fraction of sp³-hybridized carbons (Fsp3) is 0.222. The molecule has 0 unspecified atom stereocenters. The van der Waals surface area contributed by atoms with E-state index in [1.165, 1.54) is 43.1 Å². The van der Waals surface area contributed by atoms with Crippen molar-refractivity contribution in [3.8, 4) is 0 Å². The fourth-order valence-electron chi connectivity index (χ4n) is 2.64. The van der Waals surface area contributed by atoms with Crippen LogP contribution in [-0.4, -0.2) is 25.8 Å². The van der Waals surface area contributed by atoms with Gasteiger partial charge in [-0.1, -0.05) is 6.07 Å². The average molecular weight is 424 g/mol. The molecule has 7 nitrogen and oxygen atoms in total. The first-order chi connectivity index (χ1) is 13.6. The topological polar surface area (TPSA) is 86.0 Å². The monoisotopic (exact) mass is 424 g/mol. The van der Waals surface area contributed by atoms with Crippen LogP contribution in [0, 0.1) is 0 Å². The van der Waals surface area contributed by atoms with Crippen LogP contribution in [-0.2, 0) is 25.1 Å². The normalized spacial score (nSPS) is 11.6. The van der Waals surface area contributed by atoms with Crippen molar-refractivity contribution in [3.05, 3.63) is 62.9 Å². The lowest BCUT2D eigenvalue weighted by molar-refractivity contribution is -0.137. The van der Waals surface area contributed by atoms with E-state index in [-0.39, 0.29) is 22.5 Å². The third kappa shape index (κ3) is 4.34. The maximum absolute atomic E-state index is 12.8. The van der Waals surface area contributed by atoms with E-state index >= 15 is 0 Å². The Kier molecular flexibility index (Phi) is 5.51. The van der Waals surface area contributed by atoms with E-state index in [2.05, 4.69) is 10.3 Å². The molecule has 1 aromatic carbocycles. The number of pyridine rings is 1. The summed E-state index contributed by atoms with van der Waals surface area (Å²) in [5.41, 5.74) is -1.45. The zero-order valence-electron chi connectivity index (χ0n) is 15.3. The Bertz CT molecular complexity index is 1220. The molecule has 1 amide bonds. The van der Waals surface area contributed by atoms with E-state index in [1.54, 1.807) is 0 Å². The predicted molar refractivity (Wildman–Crippen MR) is 103 cm³/mol. The lowest BCUT2D eigenvalue weighted by Gasteiger charge is -2.10. The molecule has 11 heteroatoms. The molecule has 3 aromatic rings. The summed E-state index contributed by atoms with van der Waals surface area (Å²) >= 11 is 0.948. The van der Waals surface area contributed by atoms with Gasteiger partial charge in [-0.25, -0.2) is 9.78 Å². The molecule has 0 radical (unpaired) electrons. The minimum absolute atomic E-state index is 0.134. The summed E-state index contributed by atoms with van der Waals surface area (Å²) in [5, 5.41) is 2.70. The van der Waals surface area contributed by atoms with Crippen molar-refractivity contribution in [2.24, 2.45) is 14.1 Å². The van der Waals surface area contributed by atoms with Gasteiger partial charge in [0.05, 0.1) is 28.6 Å². The van der Waals surface area contributed by atoms with E-state index in [9.17, 15) is 27.6 Å². The number of nitrogens with one attached hydrogen (secondary N) is 1. The molecule has 152 valence electrons. The van der Waals surface area contributed by atoms with E-state index < -0.39 is 28.9 Å². The van der Waals surface area contributed by atoms with E-state index in [1.807, 2.05) is 0 Å². The molecular formula is C18H15F3N4O3S. The summed E-state index contributed by atoms with van der Waals surface area (Å²) in [7, 11) is 2.81. The number of nitrogens with zero attached hydrogens (tertiary/aromatic N) is 3. The second-order valence-electron chi connectivity index (χ2n) is 6.16. The van der Waals surface area contributed by atoms with Crippen LogP contribution in [0.15, 0.2) is 51.0 Å². The number of amides is 1. The maximum Gasteiger partial charge on any atom is 0.416 e. The number of aromatic nitrogens is 3. The minimum Gasteiger partial charge on any atom is -0.324 e. The quantitative estimate of drug-likeness (QED) is 0.650. The molecular weight excluding hydrogens is 409 g/mol. The number of fused-ring (bicyclic) bond motifs is 1. The number of hydrogen-bond acceptors (Lipinski definition) is 5. The molecule has 0 saturated heterocycles. The van der Waals surface area contributed by atoms with Gasteiger partial charge in [-0.2, -0.15) is 13.2 Å². The van der Waals surface area contributed by atoms with Crippen molar-refractivity contribution in [2.75, 3.05) is 11.1 Å². The molecule has 0 fully saturated rings. The summed E-state index contributed by atoms with van der Waals surface area (Å²) < 4.78 is 40.4. The molecule has 0 spiro atoms. The lowest BCUT2D eigenvalue weighted by atomic mass is 10.2. The molecule has 2 aromatic heterocycles. The van der Waals surface area contributed by atoms with Gasteiger partial charge in [0, 0.05) is 19.0 Å². The highest BCUT2D eigenvalue weighted by Gasteiger charge is 2.30. The fourth-order valence-corrected chi connectivity index (χ4v) is 3.40. The summed E-state index contributed by atoms with van der Waals surface area (Å²) in [5.74, 6) is -0.611. The summed E-state index contributed by atoms with van der Waals surface area (Å²) in [6, 6.07) is 6.08. The number of hydrogen-bond donors (Lipinski definition) is 1. The van der Waals surface area contributed by atoms with Gasteiger partial charge in [0.25, 0.3) is 5.56 Å². The number of thioether (sulfide) groups is 1. The third-order valence-electron chi connectivity index (χ3n) is 4.11. The SMILES string of the molecule is Cn1c(=O)c2cc(NC(=O)CSc3cccc(C(F)(F)F)c3)cnc2n(C)c1=O. The Morgan fingerprint density at radius 3 is 2.59 bits per heavy atom.